The normalized spacial score (nSPS) is 10.2. The second-order valence-electron chi connectivity index (χ2n) is 4.97. The molecule has 0 fully saturated rings. The van der Waals surface area contributed by atoms with Crippen molar-refractivity contribution in [2.75, 3.05) is 6.54 Å². The molecule has 0 radical (unpaired) electrons. The SMILES string of the molecule is CC(=O)NCCc1cc(OCc2ccccc2)c(OBr)cc1Br. The molecule has 0 spiro atoms. The number of hydrogen-bond acceptors (Lipinski definition) is 3. The van der Waals surface area contributed by atoms with Gasteiger partial charge in [-0.15, -0.1) is 0 Å². The second kappa shape index (κ2) is 8.93. The molecule has 2 rings (SSSR count). The highest BCUT2D eigenvalue weighted by Crippen LogP contribution is 2.35. The Morgan fingerprint density at radius 1 is 1.17 bits per heavy atom. The molecule has 0 unspecified atom stereocenters. The molecule has 2 aromatic carbocycles. The number of carbonyl (C=O) groups excluding carboxylic acids is 1. The second-order valence-corrected chi connectivity index (χ2v) is 6.15. The summed E-state index contributed by atoms with van der Waals surface area (Å²) >= 11 is 6.52. The van der Waals surface area contributed by atoms with Crippen LogP contribution >= 0.6 is 32.2 Å². The fourth-order valence-electron chi connectivity index (χ4n) is 2.05. The van der Waals surface area contributed by atoms with Crippen LogP contribution in [0.3, 0.4) is 0 Å². The lowest BCUT2D eigenvalue weighted by Crippen LogP contribution is -2.22. The number of amides is 1. The molecular formula is C17H17Br2NO3. The maximum absolute atomic E-state index is 11.0. The summed E-state index contributed by atoms with van der Waals surface area (Å²) in [4.78, 5) is 11.0. The van der Waals surface area contributed by atoms with Crippen molar-refractivity contribution in [2.45, 2.75) is 20.0 Å². The Balaban J connectivity index is 2.11. The van der Waals surface area contributed by atoms with Crippen LogP contribution in [-0.4, -0.2) is 12.5 Å². The summed E-state index contributed by atoms with van der Waals surface area (Å²) in [5.41, 5.74) is 2.12. The lowest BCUT2D eigenvalue weighted by Gasteiger charge is -2.13. The molecule has 0 atom stereocenters. The van der Waals surface area contributed by atoms with Crippen molar-refractivity contribution in [2.24, 2.45) is 0 Å². The molecule has 1 amide bonds. The van der Waals surface area contributed by atoms with E-state index in [9.17, 15) is 4.79 Å². The third kappa shape index (κ3) is 5.55. The maximum atomic E-state index is 11.0. The zero-order chi connectivity index (χ0) is 16.7. The number of halogens is 2. The van der Waals surface area contributed by atoms with Gasteiger partial charge < -0.3 is 13.9 Å². The van der Waals surface area contributed by atoms with E-state index in [1.807, 2.05) is 42.5 Å². The number of carbonyl (C=O) groups is 1. The van der Waals surface area contributed by atoms with Gasteiger partial charge >= 0.3 is 0 Å². The Morgan fingerprint density at radius 2 is 1.91 bits per heavy atom. The average Bonchev–Trinajstić information content (AvgIpc) is 2.55. The monoisotopic (exact) mass is 441 g/mol. The summed E-state index contributed by atoms with van der Waals surface area (Å²) in [6.07, 6.45) is 0.699. The van der Waals surface area contributed by atoms with Gasteiger partial charge in [0.25, 0.3) is 0 Å². The highest BCUT2D eigenvalue weighted by Gasteiger charge is 2.11. The average molecular weight is 443 g/mol. The van der Waals surface area contributed by atoms with Gasteiger partial charge in [0.1, 0.15) is 6.61 Å². The van der Waals surface area contributed by atoms with Crippen LogP contribution in [-0.2, 0) is 17.8 Å². The topological polar surface area (TPSA) is 47.6 Å². The van der Waals surface area contributed by atoms with Crippen LogP contribution in [0.15, 0.2) is 46.9 Å². The molecular weight excluding hydrogens is 426 g/mol. The molecule has 0 heterocycles. The summed E-state index contributed by atoms with van der Waals surface area (Å²) in [7, 11) is 0. The van der Waals surface area contributed by atoms with Crippen LogP contribution < -0.4 is 13.9 Å². The first-order valence-corrected chi connectivity index (χ1v) is 8.56. The highest BCUT2D eigenvalue weighted by atomic mass is 79.9. The third-order valence-corrected chi connectivity index (χ3v) is 4.29. The zero-order valence-corrected chi connectivity index (χ0v) is 15.8. The Kier molecular flexibility index (Phi) is 6.92. The van der Waals surface area contributed by atoms with E-state index in [2.05, 4.69) is 37.5 Å². The van der Waals surface area contributed by atoms with Crippen LogP contribution in [0, 0.1) is 0 Å². The third-order valence-electron chi connectivity index (χ3n) is 3.20. The molecule has 0 saturated heterocycles. The van der Waals surface area contributed by atoms with E-state index in [1.165, 1.54) is 6.92 Å². The molecule has 0 saturated carbocycles. The standard InChI is InChI=1S/C17H17Br2NO3/c1-12(21)20-8-7-14-9-16(17(23-19)10-15(14)18)22-11-13-5-3-2-4-6-13/h2-6,9-10H,7-8,11H2,1H3,(H,20,21). The minimum absolute atomic E-state index is 0.0397. The minimum atomic E-state index is -0.0397. The van der Waals surface area contributed by atoms with Crippen molar-refractivity contribution in [3.8, 4) is 11.5 Å². The van der Waals surface area contributed by atoms with Crippen LogP contribution in [0.2, 0.25) is 0 Å². The fraction of sp³-hybridized carbons (Fsp3) is 0.235. The largest absolute Gasteiger partial charge is 0.485 e. The molecule has 0 aliphatic heterocycles. The van der Waals surface area contributed by atoms with E-state index in [1.54, 1.807) is 0 Å². The summed E-state index contributed by atoms with van der Waals surface area (Å²) in [5, 5.41) is 2.79. The van der Waals surface area contributed by atoms with E-state index in [0.29, 0.717) is 31.1 Å². The van der Waals surface area contributed by atoms with Crippen molar-refractivity contribution >= 4 is 38.1 Å². The van der Waals surface area contributed by atoms with Crippen molar-refractivity contribution in [1.82, 2.24) is 5.32 Å². The quantitative estimate of drug-likeness (QED) is 0.691. The molecule has 0 aliphatic rings. The van der Waals surface area contributed by atoms with Crippen LogP contribution in [0.1, 0.15) is 18.1 Å². The van der Waals surface area contributed by atoms with Gasteiger partial charge in [0.2, 0.25) is 5.91 Å². The van der Waals surface area contributed by atoms with Gasteiger partial charge in [0.15, 0.2) is 27.8 Å². The van der Waals surface area contributed by atoms with Gasteiger partial charge in [-0.25, -0.2) is 0 Å². The van der Waals surface area contributed by atoms with Crippen LogP contribution in [0.25, 0.3) is 0 Å². The number of nitrogens with one attached hydrogen (secondary N) is 1. The van der Waals surface area contributed by atoms with Gasteiger partial charge in [-0.2, -0.15) is 0 Å². The number of hydrogen-bond donors (Lipinski definition) is 1. The van der Waals surface area contributed by atoms with E-state index in [4.69, 9.17) is 8.57 Å². The fourth-order valence-corrected chi connectivity index (χ4v) is 2.82. The lowest BCUT2D eigenvalue weighted by atomic mass is 10.1. The lowest BCUT2D eigenvalue weighted by molar-refractivity contribution is -0.118. The van der Waals surface area contributed by atoms with E-state index >= 15 is 0 Å². The molecule has 4 nitrogen and oxygen atoms in total. The first-order chi connectivity index (χ1) is 11.1. The summed E-state index contributed by atoms with van der Waals surface area (Å²) in [6.45, 7) is 2.53. The smallest absolute Gasteiger partial charge is 0.216 e. The molecule has 0 bridgehead atoms. The van der Waals surface area contributed by atoms with E-state index < -0.39 is 0 Å². The number of benzene rings is 2. The maximum Gasteiger partial charge on any atom is 0.216 e. The first kappa shape index (κ1) is 17.8. The van der Waals surface area contributed by atoms with Gasteiger partial charge in [0.05, 0.1) is 0 Å². The molecule has 122 valence electrons. The van der Waals surface area contributed by atoms with Crippen molar-refractivity contribution < 1.29 is 13.4 Å². The van der Waals surface area contributed by atoms with Crippen molar-refractivity contribution in [1.29, 1.82) is 0 Å². The predicted octanol–water partition coefficient (Wildman–Crippen LogP) is 4.40. The molecule has 0 aliphatic carbocycles. The number of rotatable bonds is 7. The molecule has 2 aromatic rings. The summed E-state index contributed by atoms with van der Waals surface area (Å²) in [6, 6.07) is 13.7. The van der Waals surface area contributed by atoms with Crippen molar-refractivity contribution in [3.63, 3.8) is 0 Å². The summed E-state index contributed by atoms with van der Waals surface area (Å²) < 4.78 is 12.0. The first-order valence-electron chi connectivity index (χ1n) is 7.12. The Labute approximate surface area is 152 Å². The molecule has 23 heavy (non-hydrogen) atoms. The van der Waals surface area contributed by atoms with Crippen LogP contribution in [0.4, 0.5) is 0 Å². The van der Waals surface area contributed by atoms with Crippen LogP contribution in [0.5, 0.6) is 11.5 Å². The van der Waals surface area contributed by atoms with Gasteiger partial charge in [-0.05, 0) is 29.7 Å². The Hall–Kier alpha value is -1.53. The zero-order valence-electron chi connectivity index (χ0n) is 12.6. The highest BCUT2D eigenvalue weighted by molar-refractivity contribution is 9.10. The Morgan fingerprint density at radius 3 is 2.57 bits per heavy atom. The molecule has 6 heteroatoms. The minimum Gasteiger partial charge on any atom is -0.485 e. The Bertz CT molecular complexity index is 662. The molecule has 0 aromatic heterocycles. The van der Waals surface area contributed by atoms with Crippen molar-refractivity contribution in [3.05, 3.63) is 58.1 Å². The number of ether oxygens (including phenoxy) is 1. The van der Waals surface area contributed by atoms with E-state index in [0.717, 1.165) is 15.6 Å². The predicted molar refractivity (Wildman–Crippen MR) is 96.9 cm³/mol. The summed E-state index contributed by atoms with van der Waals surface area (Å²) in [5.74, 6) is 1.20. The van der Waals surface area contributed by atoms with E-state index in [-0.39, 0.29) is 5.91 Å². The van der Waals surface area contributed by atoms with Gasteiger partial charge in [0, 0.05) is 17.9 Å². The molecule has 1 N–H and O–H groups in total. The van der Waals surface area contributed by atoms with Gasteiger partial charge in [-0.3, -0.25) is 4.79 Å². The van der Waals surface area contributed by atoms with Gasteiger partial charge in [-0.1, -0.05) is 46.3 Å².